The molecule has 2 aliphatic heterocycles. The van der Waals surface area contributed by atoms with Crippen molar-refractivity contribution in [3.8, 4) is 0 Å². The summed E-state index contributed by atoms with van der Waals surface area (Å²) in [6.07, 6.45) is 4.68. The van der Waals surface area contributed by atoms with E-state index in [1.54, 1.807) is 0 Å². The Balaban J connectivity index is 0.00000259. The second kappa shape index (κ2) is 11.3. The normalized spacial score (nSPS) is 21.5. The fourth-order valence-corrected chi connectivity index (χ4v) is 5.46. The Morgan fingerprint density at radius 2 is 1.91 bits per heavy atom. The topological polar surface area (TPSA) is 59.6 Å². The number of aliphatic imine (C=N–C) groups is 1. The predicted octanol–water partition coefficient (Wildman–Crippen LogP) is 4.29. The molecule has 176 valence electrons. The maximum Gasteiger partial charge on any atom is 0.193 e. The summed E-state index contributed by atoms with van der Waals surface area (Å²) in [5.41, 5.74) is 3.57. The van der Waals surface area contributed by atoms with Gasteiger partial charge in [-0.2, -0.15) is 0 Å². The molecule has 0 spiro atoms. The summed E-state index contributed by atoms with van der Waals surface area (Å²) in [7, 11) is 1.90. The zero-order chi connectivity index (χ0) is 21.8. The number of likely N-dealkylation sites (tertiary alicyclic amines) is 2. The number of nitrogens with one attached hydrogen (secondary N) is 2. The van der Waals surface area contributed by atoms with Crippen LogP contribution in [0.25, 0.3) is 11.0 Å². The van der Waals surface area contributed by atoms with Gasteiger partial charge in [-0.05, 0) is 49.4 Å². The molecule has 2 atom stereocenters. The Labute approximate surface area is 213 Å². The minimum Gasteiger partial charge on any atom is -0.356 e. The van der Waals surface area contributed by atoms with E-state index in [9.17, 15) is 0 Å². The van der Waals surface area contributed by atoms with E-state index in [1.807, 2.05) is 19.2 Å². The lowest BCUT2D eigenvalue weighted by Crippen LogP contribution is -2.56. The highest BCUT2D eigenvalue weighted by atomic mass is 127. The Kier molecular flexibility index (Phi) is 8.25. The molecule has 0 amide bonds. The lowest BCUT2D eigenvalue weighted by Gasteiger charge is -2.48. The van der Waals surface area contributed by atoms with Crippen molar-refractivity contribution in [2.24, 2.45) is 10.9 Å². The van der Waals surface area contributed by atoms with E-state index in [-0.39, 0.29) is 24.0 Å². The minimum atomic E-state index is 0. The zero-order valence-electron chi connectivity index (χ0n) is 19.4. The molecule has 0 saturated carbocycles. The number of para-hydroxylation sites is 2. The minimum absolute atomic E-state index is 0. The van der Waals surface area contributed by atoms with Crippen LogP contribution in [-0.4, -0.2) is 65.0 Å². The van der Waals surface area contributed by atoms with E-state index in [0.29, 0.717) is 6.04 Å². The van der Waals surface area contributed by atoms with Gasteiger partial charge in [-0.15, -0.1) is 24.0 Å². The van der Waals surface area contributed by atoms with E-state index >= 15 is 0 Å². The molecule has 2 aromatic carbocycles. The summed E-state index contributed by atoms with van der Waals surface area (Å²) in [5.74, 6) is 2.77. The molecule has 2 saturated heterocycles. The highest BCUT2D eigenvalue weighted by Gasteiger charge is 2.36. The standard InChI is InChI=1S/C26H34N6.HI/c1-27-26(28-15-13-25-29-22-11-5-6-12-23(22)30-25)32-17-14-24-21(19-32)10-7-16-31(24)18-20-8-3-2-4-9-20;/h2-6,8-9,11-12,21,24H,7,10,13-19H2,1H3,(H,27,28)(H,29,30);1H. The van der Waals surface area contributed by atoms with Gasteiger partial charge in [0.25, 0.3) is 0 Å². The van der Waals surface area contributed by atoms with Gasteiger partial charge in [0.05, 0.1) is 11.0 Å². The monoisotopic (exact) mass is 558 g/mol. The SMILES string of the molecule is CN=C(NCCc1nc2ccccc2[nH]1)N1CCC2C(CCCN2Cc2ccccc2)C1.I. The highest BCUT2D eigenvalue weighted by molar-refractivity contribution is 14.0. The number of imidazole rings is 1. The molecular weight excluding hydrogens is 523 g/mol. The number of hydrogen-bond acceptors (Lipinski definition) is 3. The number of aromatic amines is 1. The molecule has 0 radical (unpaired) electrons. The van der Waals surface area contributed by atoms with Crippen LogP contribution in [0.1, 0.15) is 30.7 Å². The van der Waals surface area contributed by atoms with Gasteiger partial charge in [-0.3, -0.25) is 9.89 Å². The van der Waals surface area contributed by atoms with Crippen LogP contribution in [0.3, 0.4) is 0 Å². The predicted molar refractivity (Wildman–Crippen MR) is 146 cm³/mol. The highest BCUT2D eigenvalue weighted by Crippen LogP contribution is 2.31. The maximum absolute atomic E-state index is 4.69. The first-order valence-corrected chi connectivity index (χ1v) is 12.0. The zero-order valence-corrected chi connectivity index (χ0v) is 21.7. The number of benzene rings is 2. The molecule has 2 aliphatic rings. The van der Waals surface area contributed by atoms with Crippen molar-refractivity contribution in [3.63, 3.8) is 0 Å². The number of nitrogens with zero attached hydrogens (tertiary/aromatic N) is 4. The van der Waals surface area contributed by atoms with Crippen LogP contribution in [0.5, 0.6) is 0 Å². The van der Waals surface area contributed by atoms with Gasteiger partial charge in [-0.1, -0.05) is 42.5 Å². The second-order valence-electron chi connectivity index (χ2n) is 9.09. The molecule has 2 unspecified atom stereocenters. The van der Waals surface area contributed by atoms with Crippen LogP contribution in [0.4, 0.5) is 0 Å². The van der Waals surface area contributed by atoms with Crippen LogP contribution >= 0.6 is 24.0 Å². The molecule has 2 N–H and O–H groups in total. The third kappa shape index (κ3) is 5.69. The van der Waals surface area contributed by atoms with Crippen molar-refractivity contribution in [1.82, 2.24) is 25.1 Å². The first-order chi connectivity index (χ1) is 15.8. The van der Waals surface area contributed by atoms with Gasteiger partial charge in [0, 0.05) is 45.7 Å². The molecule has 3 aromatic rings. The van der Waals surface area contributed by atoms with Gasteiger partial charge in [0.1, 0.15) is 5.82 Å². The number of aromatic nitrogens is 2. The van der Waals surface area contributed by atoms with Crippen molar-refractivity contribution in [2.75, 3.05) is 33.2 Å². The number of H-pyrrole nitrogens is 1. The van der Waals surface area contributed by atoms with Crippen molar-refractivity contribution < 1.29 is 0 Å². The van der Waals surface area contributed by atoms with Crippen molar-refractivity contribution in [1.29, 1.82) is 0 Å². The fraction of sp³-hybridized carbons (Fsp3) is 0.462. The third-order valence-corrected chi connectivity index (χ3v) is 7.01. The van der Waals surface area contributed by atoms with Crippen LogP contribution in [-0.2, 0) is 13.0 Å². The van der Waals surface area contributed by atoms with Crippen LogP contribution < -0.4 is 5.32 Å². The Morgan fingerprint density at radius 3 is 2.73 bits per heavy atom. The van der Waals surface area contributed by atoms with E-state index in [2.05, 4.69) is 72.5 Å². The molecular formula is C26H35IN6. The summed E-state index contributed by atoms with van der Waals surface area (Å²) >= 11 is 0. The molecule has 5 rings (SSSR count). The fourth-order valence-electron chi connectivity index (χ4n) is 5.46. The number of rotatable bonds is 5. The first-order valence-electron chi connectivity index (χ1n) is 12.0. The summed E-state index contributed by atoms with van der Waals surface area (Å²) in [6, 6.07) is 19.8. The molecule has 6 nitrogen and oxygen atoms in total. The second-order valence-corrected chi connectivity index (χ2v) is 9.09. The lowest BCUT2D eigenvalue weighted by atomic mass is 9.83. The average Bonchev–Trinajstić information content (AvgIpc) is 3.25. The molecule has 7 heteroatoms. The van der Waals surface area contributed by atoms with Crippen molar-refractivity contribution in [3.05, 3.63) is 66.0 Å². The van der Waals surface area contributed by atoms with E-state index in [4.69, 9.17) is 0 Å². The molecule has 3 heterocycles. The van der Waals surface area contributed by atoms with E-state index < -0.39 is 0 Å². The summed E-state index contributed by atoms with van der Waals surface area (Å²) in [5, 5.41) is 3.58. The molecule has 33 heavy (non-hydrogen) atoms. The number of piperidine rings is 2. The Morgan fingerprint density at radius 1 is 1.09 bits per heavy atom. The van der Waals surface area contributed by atoms with Gasteiger partial charge in [0.15, 0.2) is 5.96 Å². The van der Waals surface area contributed by atoms with E-state index in [1.165, 1.54) is 31.4 Å². The summed E-state index contributed by atoms with van der Waals surface area (Å²) < 4.78 is 0. The van der Waals surface area contributed by atoms with Gasteiger partial charge in [-0.25, -0.2) is 4.98 Å². The summed E-state index contributed by atoms with van der Waals surface area (Å²) in [4.78, 5) is 17.9. The van der Waals surface area contributed by atoms with Gasteiger partial charge in [0.2, 0.25) is 0 Å². The molecule has 1 aromatic heterocycles. The van der Waals surface area contributed by atoms with Crippen molar-refractivity contribution in [2.45, 2.75) is 38.3 Å². The number of hydrogen-bond donors (Lipinski definition) is 2. The lowest BCUT2D eigenvalue weighted by molar-refractivity contribution is 0.0373. The smallest absolute Gasteiger partial charge is 0.193 e. The maximum atomic E-state index is 4.69. The molecule has 0 aliphatic carbocycles. The van der Waals surface area contributed by atoms with Gasteiger partial charge < -0.3 is 15.2 Å². The number of guanidine groups is 1. The molecule has 2 fully saturated rings. The third-order valence-electron chi connectivity index (χ3n) is 7.01. The van der Waals surface area contributed by atoms with Gasteiger partial charge >= 0.3 is 0 Å². The van der Waals surface area contributed by atoms with Crippen LogP contribution in [0, 0.1) is 5.92 Å². The quantitative estimate of drug-likeness (QED) is 0.279. The first kappa shape index (κ1) is 24.0. The molecule has 0 bridgehead atoms. The largest absolute Gasteiger partial charge is 0.356 e. The van der Waals surface area contributed by atoms with E-state index in [0.717, 1.165) is 61.3 Å². The summed E-state index contributed by atoms with van der Waals surface area (Å²) in [6.45, 7) is 5.29. The Bertz CT molecular complexity index is 1020. The average molecular weight is 559 g/mol. The Hall–Kier alpha value is -2.13. The number of halogens is 1. The van der Waals surface area contributed by atoms with Crippen LogP contribution in [0.2, 0.25) is 0 Å². The van der Waals surface area contributed by atoms with Crippen LogP contribution in [0.15, 0.2) is 59.6 Å². The number of fused-ring (bicyclic) bond motifs is 2. The van der Waals surface area contributed by atoms with Crippen molar-refractivity contribution >= 4 is 41.0 Å².